The number of rotatable bonds is 6. The molecule has 1 aromatic rings. The lowest BCUT2D eigenvalue weighted by molar-refractivity contribution is -0.149. The molecule has 2 atom stereocenters. The Hall–Kier alpha value is -1.40. The van der Waals surface area contributed by atoms with Gasteiger partial charge in [-0.2, -0.15) is 0 Å². The molecule has 112 valence electrons. The number of amides is 1. The van der Waals surface area contributed by atoms with Crippen LogP contribution in [0.2, 0.25) is 0 Å². The molecule has 20 heavy (non-hydrogen) atoms. The Bertz CT molecular complexity index is 464. The van der Waals surface area contributed by atoms with Crippen molar-refractivity contribution in [1.29, 1.82) is 0 Å². The van der Waals surface area contributed by atoms with Crippen LogP contribution < -0.4 is 5.32 Å². The monoisotopic (exact) mass is 299 g/mol. The fourth-order valence-corrected chi connectivity index (χ4v) is 2.76. The quantitative estimate of drug-likeness (QED) is 0.620. The Balaban J connectivity index is 2.94. The van der Waals surface area contributed by atoms with Crippen LogP contribution in [0.3, 0.4) is 0 Å². The number of aliphatic hydroxyl groups excluding tert-OH is 1. The van der Waals surface area contributed by atoms with Gasteiger partial charge in [-0.25, -0.2) is 4.79 Å². The number of hydrogen-bond donors (Lipinski definition) is 2. The molecule has 0 fully saturated rings. The highest BCUT2D eigenvalue weighted by Crippen LogP contribution is 2.33. The van der Waals surface area contributed by atoms with Crippen LogP contribution >= 0.6 is 11.3 Å². The first-order chi connectivity index (χ1) is 9.31. The van der Waals surface area contributed by atoms with E-state index in [1.807, 2.05) is 6.07 Å². The fraction of sp³-hybridized carbons (Fsp3) is 0.571. The summed E-state index contributed by atoms with van der Waals surface area (Å²) in [5.41, 5.74) is -0.0276. The molecule has 1 amide bonds. The molecule has 6 heteroatoms. The van der Waals surface area contributed by atoms with E-state index in [9.17, 15) is 14.7 Å². The number of esters is 1. The second-order valence-corrected chi connectivity index (χ2v) is 6.53. The maximum absolute atomic E-state index is 11.8. The van der Waals surface area contributed by atoms with E-state index in [4.69, 9.17) is 4.74 Å². The Morgan fingerprint density at radius 2 is 2.15 bits per heavy atom. The molecule has 0 aliphatic carbocycles. The zero-order valence-corrected chi connectivity index (χ0v) is 13.0. The molecule has 5 nitrogen and oxygen atoms in total. The van der Waals surface area contributed by atoms with Gasteiger partial charge in [0.05, 0.1) is 6.61 Å². The van der Waals surface area contributed by atoms with Crippen molar-refractivity contribution < 1.29 is 19.4 Å². The van der Waals surface area contributed by atoms with Crippen molar-refractivity contribution in [3.8, 4) is 0 Å². The first-order valence-electron chi connectivity index (χ1n) is 6.45. The Morgan fingerprint density at radius 3 is 2.60 bits per heavy atom. The zero-order valence-electron chi connectivity index (χ0n) is 12.2. The zero-order chi connectivity index (χ0) is 15.3. The van der Waals surface area contributed by atoms with Crippen molar-refractivity contribution in [3.05, 3.63) is 21.9 Å². The summed E-state index contributed by atoms with van der Waals surface area (Å²) >= 11 is 1.42. The molecule has 1 heterocycles. The van der Waals surface area contributed by atoms with E-state index in [0.29, 0.717) is 11.3 Å². The number of carbonyl (C=O) groups excluding carboxylic acids is 2. The molecule has 2 unspecified atom stereocenters. The second-order valence-electron chi connectivity index (χ2n) is 5.41. The number of ether oxygens (including phenoxy) is 1. The maximum atomic E-state index is 11.8. The van der Waals surface area contributed by atoms with Crippen LogP contribution in [0.25, 0.3) is 0 Å². The molecule has 0 aromatic carbocycles. The Morgan fingerprint density at radius 1 is 1.50 bits per heavy atom. The standard InChI is InChI=1S/C14H21NO4S/c1-5-19-13(18)11(15-8-16)12(17)9-6-7-10(20-9)14(2,3)4/h6-8,11-12,17H,5H2,1-4H3,(H,15,16). The van der Waals surface area contributed by atoms with E-state index in [1.54, 1.807) is 13.0 Å². The highest BCUT2D eigenvalue weighted by atomic mass is 32.1. The predicted molar refractivity (Wildman–Crippen MR) is 77.6 cm³/mol. The van der Waals surface area contributed by atoms with Crippen molar-refractivity contribution in [2.24, 2.45) is 0 Å². The minimum absolute atomic E-state index is 0.0276. The topological polar surface area (TPSA) is 75.6 Å². The number of nitrogens with one attached hydrogen (secondary N) is 1. The number of carbonyl (C=O) groups is 2. The minimum Gasteiger partial charge on any atom is -0.464 e. The van der Waals surface area contributed by atoms with E-state index >= 15 is 0 Å². The van der Waals surface area contributed by atoms with Gasteiger partial charge < -0.3 is 15.2 Å². The lowest BCUT2D eigenvalue weighted by Crippen LogP contribution is -2.42. The first kappa shape index (κ1) is 16.7. The van der Waals surface area contributed by atoms with Crippen LogP contribution in [0.15, 0.2) is 12.1 Å². The molecule has 0 radical (unpaired) electrons. The molecule has 0 saturated heterocycles. The number of hydrogen-bond acceptors (Lipinski definition) is 5. The predicted octanol–water partition coefficient (Wildman–Crippen LogP) is 1.76. The van der Waals surface area contributed by atoms with Crippen molar-refractivity contribution in [2.45, 2.75) is 45.3 Å². The summed E-state index contributed by atoms with van der Waals surface area (Å²) in [6.07, 6.45) is -0.719. The van der Waals surface area contributed by atoms with Crippen molar-refractivity contribution >= 4 is 23.7 Å². The molecule has 0 bridgehead atoms. The van der Waals surface area contributed by atoms with Gasteiger partial charge in [0.1, 0.15) is 6.10 Å². The third-order valence-corrected chi connectivity index (χ3v) is 4.34. The van der Waals surface area contributed by atoms with Crippen LogP contribution in [0.4, 0.5) is 0 Å². The highest BCUT2D eigenvalue weighted by Gasteiger charge is 2.30. The van der Waals surface area contributed by atoms with Gasteiger partial charge in [-0.3, -0.25) is 4.79 Å². The van der Waals surface area contributed by atoms with Gasteiger partial charge in [-0.15, -0.1) is 11.3 Å². The van der Waals surface area contributed by atoms with Gasteiger partial charge in [0.25, 0.3) is 0 Å². The summed E-state index contributed by atoms with van der Waals surface area (Å²) in [6.45, 7) is 8.08. The molecule has 2 N–H and O–H groups in total. The van der Waals surface area contributed by atoms with Gasteiger partial charge in [0.15, 0.2) is 6.04 Å². The summed E-state index contributed by atoms with van der Waals surface area (Å²) < 4.78 is 4.86. The van der Waals surface area contributed by atoms with Gasteiger partial charge in [-0.1, -0.05) is 20.8 Å². The van der Waals surface area contributed by atoms with E-state index in [0.717, 1.165) is 4.88 Å². The summed E-state index contributed by atoms with van der Waals surface area (Å²) in [6, 6.07) is 2.61. The summed E-state index contributed by atoms with van der Waals surface area (Å²) in [4.78, 5) is 24.1. The maximum Gasteiger partial charge on any atom is 0.331 e. The molecule has 1 aromatic heterocycles. The second kappa shape index (κ2) is 6.85. The molecular formula is C14H21NO4S. The summed E-state index contributed by atoms with van der Waals surface area (Å²) in [5.74, 6) is -0.641. The average Bonchev–Trinajstić information content (AvgIpc) is 2.84. The third kappa shape index (κ3) is 4.05. The summed E-state index contributed by atoms with van der Waals surface area (Å²) in [7, 11) is 0. The summed E-state index contributed by atoms with van der Waals surface area (Å²) in [5, 5.41) is 12.6. The normalized spacial score (nSPS) is 14.4. The molecule has 0 aliphatic rings. The smallest absolute Gasteiger partial charge is 0.331 e. The van der Waals surface area contributed by atoms with E-state index in [-0.39, 0.29) is 12.0 Å². The first-order valence-corrected chi connectivity index (χ1v) is 7.27. The molecule has 0 aliphatic heterocycles. The fourth-order valence-electron chi connectivity index (χ4n) is 1.67. The SMILES string of the molecule is CCOC(=O)C(NC=O)C(O)c1ccc(C(C)(C)C)s1. The van der Waals surface area contributed by atoms with E-state index in [1.165, 1.54) is 11.3 Å². The molecule has 1 rings (SSSR count). The minimum atomic E-state index is -1.11. The van der Waals surface area contributed by atoms with Crippen molar-refractivity contribution in [3.63, 3.8) is 0 Å². The average molecular weight is 299 g/mol. The Kier molecular flexibility index (Phi) is 5.71. The largest absolute Gasteiger partial charge is 0.464 e. The Labute approximate surface area is 123 Å². The van der Waals surface area contributed by atoms with Crippen LogP contribution in [-0.2, 0) is 19.7 Å². The van der Waals surface area contributed by atoms with Gasteiger partial charge in [0, 0.05) is 9.75 Å². The lowest BCUT2D eigenvalue weighted by Gasteiger charge is -2.20. The van der Waals surface area contributed by atoms with Gasteiger partial charge in [0.2, 0.25) is 6.41 Å². The van der Waals surface area contributed by atoms with E-state index in [2.05, 4.69) is 26.1 Å². The highest BCUT2D eigenvalue weighted by molar-refractivity contribution is 7.12. The van der Waals surface area contributed by atoms with Crippen molar-refractivity contribution in [1.82, 2.24) is 5.32 Å². The van der Waals surface area contributed by atoms with Gasteiger partial charge in [-0.05, 0) is 24.5 Å². The van der Waals surface area contributed by atoms with Crippen LogP contribution in [-0.4, -0.2) is 30.1 Å². The van der Waals surface area contributed by atoms with Crippen LogP contribution in [0.1, 0.15) is 43.6 Å². The van der Waals surface area contributed by atoms with Gasteiger partial charge >= 0.3 is 5.97 Å². The molecular weight excluding hydrogens is 278 g/mol. The number of aliphatic hydroxyl groups is 1. The molecule has 0 saturated carbocycles. The van der Waals surface area contributed by atoms with Crippen LogP contribution in [0, 0.1) is 0 Å². The lowest BCUT2D eigenvalue weighted by atomic mass is 9.95. The third-order valence-electron chi connectivity index (χ3n) is 2.76. The molecule has 0 spiro atoms. The van der Waals surface area contributed by atoms with Crippen molar-refractivity contribution in [2.75, 3.05) is 6.61 Å². The van der Waals surface area contributed by atoms with E-state index < -0.39 is 18.1 Å². The van der Waals surface area contributed by atoms with Crippen LogP contribution in [0.5, 0.6) is 0 Å². The number of thiophene rings is 1.